The van der Waals surface area contributed by atoms with Crippen LogP contribution in [0.25, 0.3) is 10.9 Å². The Bertz CT molecular complexity index is 552. The Balaban J connectivity index is 2.26. The van der Waals surface area contributed by atoms with E-state index in [1.807, 2.05) is 12.1 Å². The van der Waals surface area contributed by atoms with E-state index in [2.05, 4.69) is 49.3 Å². The van der Waals surface area contributed by atoms with E-state index in [1.165, 1.54) is 10.9 Å². The second-order valence-electron chi connectivity index (χ2n) is 5.52. The van der Waals surface area contributed by atoms with E-state index in [-0.39, 0.29) is 0 Å². The monoisotopic (exact) mass is 272 g/mol. The van der Waals surface area contributed by atoms with Crippen molar-refractivity contribution in [2.45, 2.75) is 33.7 Å². The Morgan fingerprint density at radius 1 is 1.25 bits per heavy atom. The zero-order valence-corrected chi connectivity index (χ0v) is 12.6. The summed E-state index contributed by atoms with van der Waals surface area (Å²) in [5, 5.41) is 4.65. The average Bonchev–Trinajstić information content (AvgIpc) is 2.45. The van der Waals surface area contributed by atoms with E-state index in [9.17, 15) is 0 Å². The maximum atomic E-state index is 5.78. The summed E-state index contributed by atoms with van der Waals surface area (Å²) in [5.41, 5.74) is 2.25. The number of fused-ring (bicyclic) bond motifs is 1. The third-order valence-electron chi connectivity index (χ3n) is 3.09. The van der Waals surface area contributed by atoms with Gasteiger partial charge in [-0.15, -0.1) is 0 Å². The number of aromatic nitrogens is 1. The lowest BCUT2D eigenvalue weighted by molar-refractivity contribution is 0.262. The van der Waals surface area contributed by atoms with Gasteiger partial charge in [0.1, 0.15) is 0 Å². The third-order valence-corrected chi connectivity index (χ3v) is 3.09. The molecule has 0 atom stereocenters. The molecule has 0 saturated heterocycles. The van der Waals surface area contributed by atoms with Crippen molar-refractivity contribution in [2.75, 3.05) is 13.2 Å². The predicted molar refractivity (Wildman–Crippen MR) is 84.1 cm³/mol. The molecule has 1 aromatic heterocycles. The zero-order valence-electron chi connectivity index (χ0n) is 12.6. The molecule has 2 aromatic rings. The highest BCUT2D eigenvalue weighted by molar-refractivity contribution is 5.82. The molecule has 1 aromatic carbocycles. The molecule has 2 rings (SSSR count). The minimum atomic E-state index is 0.505. The molecule has 1 N–H and O–H groups in total. The summed E-state index contributed by atoms with van der Waals surface area (Å²) in [6.45, 7) is 9.05. The first kappa shape index (κ1) is 14.8. The van der Waals surface area contributed by atoms with E-state index in [0.717, 1.165) is 30.9 Å². The van der Waals surface area contributed by atoms with Gasteiger partial charge in [-0.3, -0.25) is 0 Å². The first-order valence-electron chi connectivity index (χ1n) is 7.43. The molecule has 0 radical (unpaired) electrons. The molecule has 20 heavy (non-hydrogen) atoms. The molecular weight excluding hydrogens is 248 g/mol. The number of hydrogen-bond donors (Lipinski definition) is 1. The fourth-order valence-electron chi connectivity index (χ4n) is 2.09. The molecule has 0 aliphatic heterocycles. The SMILES string of the molecule is CCCNCc1cc(OCC(C)C)nc2ccccc12. The lowest BCUT2D eigenvalue weighted by Crippen LogP contribution is -2.14. The summed E-state index contributed by atoms with van der Waals surface area (Å²) >= 11 is 0. The number of benzene rings is 1. The molecule has 0 aliphatic rings. The number of nitrogens with one attached hydrogen (secondary N) is 1. The van der Waals surface area contributed by atoms with Crippen LogP contribution in [0.15, 0.2) is 30.3 Å². The quantitative estimate of drug-likeness (QED) is 0.779. The Labute approximate surface area is 121 Å². The van der Waals surface area contributed by atoms with Crippen LogP contribution < -0.4 is 10.1 Å². The topological polar surface area (TPSA) is 34.1 Å². The molecule has 108 valence electrons. The molecular formula is C17H24N2O. The van der Waals surface area contributed by atoms with Gasteiger partial charge in [0.2, 0.25) is 5.88 Å². The highest BCUT2D eigenvalue weighted by Gasteiger charge is 2.07. The van der Waals surface area contributed by atoms with Gasteiger partial charge in [0.05, 0.1) is 12.1 Å². The Morgan fingerprint density at radius 2 is 2.05 bits per heavy atom. The molecule has 0 spiro atoms. The summed E-state index contributed by atoms with van der Waals surface area (Å²) in [4.78, 5) is 4.59. The van der Waals surface area contributed by atoms with E-state index < -0.39 is 0 Å². The predicted octanol–water partition coefficient (Wildman–Crippen LogP) is 3.77. The first-order valence-corrected chi connectivity index (χ1v) is 7.43. The maximum absolute atomic E-state index is 5.78. The van der Waals surface area contributed by atoms with Gasteiger partial charge in [0.15, 0.2) is 0 Å². The van der Waals surface area contributed by atoms with Crippen LogP contribution in [-0.2, 0) is 6.54 Å². The minimum Gasteiger partial charge on any atom is -0.477 e. The zero-order chi connectivity index (χ0) is 14.4. The molecule has 3 heteroatoms. The third kappa shape index (κ3) is 3.94. The number of pyridine rings is 1. The fourth-order valence-corrected chi connectivity index (χ4v) is 2.09. The van der Waals surface area contributed by atoms with Crippen LogP contribution in [0, 0.1) is 5.92 Å². The second kappa shape index (κ2) is 7.25. The van der Waals surface area contributed by atoms with Crippen LogP contribution in [0.4, 0.5) is 0 Å². The van der Waals surface area contributed by atoms with Gasteiger partial charge < -0.3 is 10.1 Å². The molecule has 3 nitrogen and oxygen atoms in total. The van der Waals surface area contributed by atoms with Gasteiger partial charge >= 0.3 is 0 Å². The molecule has 0 saturated carbocycles. The van der Waals surface area contributed by atoms with Crippen molar-refractivity contribution < 1.29 is 4.74 Å². The van der Waals surface area contributed by atoms with Gasteiger partial charge in [-0.25, -0.2) is 4.98 Å². The number of ether oxygens (including phenoxy) is 1. The number of rotatable bonds is 7. The van der Waals surface area contributed by atoms with Crippen molar-refractivity contribution in [3.8, 4) is 5.88 Å². The summed E-state index contributed by atoms with van der Waals surface area (Å²) < 4.78 is 5.78. The molecule has 0 aliphatic carbocycles. The fraction of sp³-hybridized carbons (Fsp3) is 0.471. The van der Waals surface area contributed by atoms with E-state index in [1.54, 1.807) is 0 Å². The van der Waals surface area contributed by atoms with Gasteiger partial charge in [-0.05, 0) is 30.5 Å². The molecule has 1 heterocycles. The van der Waals surface area contributed by atoms with Crippen LogP contribution in [0.1, 0.15) is 32.8 Å². The van der Waals surface area contributed by atoms with Gasteiger partial charge in [-0.1, -0.05) is 39.0 Å². The highest BCUT2D eigenvalue weighted by Crippen LogP contribution is 2.22. The second-order valence-corrected chi connectivity index (χ2v) is 5.52. The van der Waals surface area contributed by atoms with Crippen molar-refractivity contribution in [1.29, 1.82) is 0 Å². The largest absolute Gasteiger partial charge is 0.477 e. The van der Waals surface area contributed by atoms with Crippen LogP contribution in [0.2, 0.25) is 0 Å². The molecule has 0 amide bonds. The highest BCUT2D eigenvalue weighted by atomic mass is 16.5. The van der Waals surface area contributed by atoms with Crippen LogP contribution >= 0.6 is 0 Å². The average molecular weight is 272 g/mol. The Hall–Kier alpha value is -1.61. The van der Waals surface area contributed by atoms with Crippen molar-refractivity contribution in [3.05, 3.63) is 35.9 Å². The van der Waals surface area contributed by atoms with Crippen molar-refractivity contribution in [3.63, 3.8) is 0 Å². The lowest BCUT2D eigenvalue weighted by Gasteiger charge is -2.12. The maximum Gasteiger partial charge on any atom is 0.214 e. The van der Waals surface area contributed by atoms with Crippen molar-refractivity contribution in [1.82, 2.24) is 10.3 Å². The van der Waals surface area contributed by atoms with E-state index >= 15 is 0 Å². The number of para-hydroxylation sites is 1. The molecule has 0 unspecified atom stereocenters. The standard InChI is InChI=1S/C17H24N2O/c1-4-9-18-11-14-10-17(20-12-13(2)3)19-16-8-6-5-7-15(14)16/h5-8,10,13,18H,4,9,11-12H2,1-3H3. The van der Waals surface area contributed by atoms with Crippen molar-refractivity contribution >= 4 is 10.9 Å². The molecule has 0 bridgehead atoms. The van der Waals surface area contributed by atoms with Crippen molar-refractivity contribution in [2.24, 2.45) is 5.92 Å². The van der Waals surface area contributed by atoms with Crippen LogP contribution in [0.3, 0.4) is 0 Å². The summed E-state index contributed by atoms with van der Waals surface area (Å²) in [5.74, 6) is 1.23. The van der Waals surface area contributed by atoms with E-state index in [0.29, 0.717) is 12.5 Å². The van der Waals surface area contributed by atoms with Gasteiger partial charge in [-0.2, -0.15) is 0 Å². The van der Waals surface area contributed by atoms with Crippen LogP contribution in [0.5, 0.6) is 5.88 Å². The normalized spacial score (nSPS) is 11.2. The Morgan fingerprint density at radius 3 is 2.80 bits per heavy atom. The van der Waals surface area contributed by atoms with Crippen LogP contribution in [-0.4, -0.2) is 18.1 Å². The number of hydrogen-bond acceptors (Lipinski definition) is 3. The molecule has 0 fully saturated rings. The summed E-state index contributed by atoms with van der Waals surface area (Å²) in [7, 11) is 0. The first-order chi connectivity index (χ1) is 9.70. The Kier molecular flexibility index (Phi) is 5.36. The lowest BCUT2D eigenvalue weighted by atomic mass is 10.1. The number of nitrogens with zero attached hydrogens (tertiary/aromatic N) is 1. The summed E-state index contributed by atoms with van der Waals surface area (Å²) in [6, 6.07) is 10.3. The van der Waals surface area contributed by atoms with Gasteiger partial charge in [0.25, 0.3) is 0 Å². The van der Waals surface area contributed by atoms with E-state index in [4.69, 9.17) is 4.74 Å². The smallest absolute Gasteiger partial charge is 0.214 e. The summed E-state index contributed by atoms with van der Waals surface area (Å²) in [6.07, 6.45) is 1.14. The minimum absolute atomic E-state index is 0.505. The van der Waals surface area contributed by atoms with Gasteiger partial charge in [0, 0.05) is 18.0 Å².